The molecule has 0 spiro atoms. The Balaban J connectivity index is 1.43. The maximum atomic E-state index is 12.1. The van der Waals surface area contributed by atoms with E-state index in [0.29, 0.717) is 15.8 Å². The van der Waals surface area contributed by atoms with E-state index < -0.39 is 5.97 Å². The second-order valence-electron chi connectivity index (χ2n) is 5.25. The molecule has 0 N–H and O–H groups in total. The van der Waals surface area contributed by atoms with Gasteiger partial charge in [-0.3, -0.25) is 4.40 Å². The number of rotatable bonds is 4. The highest BCUT2D eigenvalue weighted by Crippen LogP contribution is 2.21. The second-order valence-corrected chi connectivity index (χ2v) is 6.70. The van der Waals surface area contributed by atoms with Crippen LogP contribution in [-0.2, 0) is 11.3 Å². The van der Waals surface area contributed by atoms with E-state index in [1.54, 1.807) is 34.9 Å². The van der Waals surface area contributed by atoms with Crippen LogP contribution in [0, 0.1) is 6.92 Å². The summed E-state index contributed by atoms with van der Waals surface area (Å²) in [7, 11) is 0. The van der Waals surface area contributed by atoms with Crippen molar-refractivity contribution < 1.29 is 13.9 Å². The molecule has 9 heteroatoms. The van der Waals surface area contributed by atoms with E-state index >= 15 is 0 Å². The first-order valence-electron chi connectivity index (χ1n) is 7.29. The Morgan fingerprint density at radius 1 is 1.28 bits per heavy atom. The molecule has 0 aliphatic rings. The Labute approximate surface area is 150 Å². The van der Waals surface area contributed by atoms with Gasteiger partial charge in [0, 0.05) is 23.0 Å². The van der Waals surface area contributed by atoms with Gasteiger partial charge in [0.25, 0.3) is 5.89 Å². The summed E-state index contributed by atoms with van der Waals surface area (Å²) in [4.78, 5) is 17.6. The minimum atomic E-state index is -0.459. The Morgan fingerprint density at radius 3 is 2.84 bits per heavy atom. The van der Waals surface area contributed by atoms with Crippen molar-refractivity contribution in [1.82, 2.24) is 19.6 Å². The van der Waals surface area contributed by atoms with Gasteiger partial charge in [0.15, 0.2) is 11.6 Å². The van der Waals surface area contributed by atoms with Crippen molar-refractivity contribution in [3.63, 3.8) is 0 Å². The van der Waals surface area contributed by atoms with Crippen LogP contribution < -0.4 is 0 Å². The van der Waals surface area contributed by atoms with E-state index in [-0.39, 0.29) is 12.5 Å². The van der Waals surface area contributed by atoms with Gasteiger partial charge in [-0.25, -0.2) is 9.78 Å². The zero-order valence-electron chi connectivity index (χ0n) is 13.0. The lowest BCUT2D eigenvalue weighted by molar-refractivity contribution is 0.0444. The van der Waals surface area contributed by atoms with E-state index in [0.717, 1.165) is 16.2 Å². The number of aryl methyl sites for hydroxylation is 1. The lowest BCUT2D eigenvalue weighted by Crippen LogP contribution is -2.03. The molecular weight excluding hydrogens is 364 g/mol. The van der Waals surface area contributed by atoms with Crippen LogP contribution in [0.2, 0.25) is 5.02 Å². The molecule has 0 aliphatic heterocycles. The van der Waals surface area contributed by atoms with Gasteiger partial charge in [0.05, 0.1) is 5.69 Å². The molecule has 4 aromatic rings. The van der Waals surface area contributed by atoms with Gasteiger partial charge < -0.3 is 9.15 Å². The highest BCUT2D eigenvalue weighted by Gasteiger charge is 2.15. The number of hydrogen-bond donors (Lipinski definition) is 0. The Bertz CT molecular complexity index is 1020. The molecule has 1 aromatic carbocycles. The highest BCUT2D eigenvalue weighted by atomic mass is 35.5. The summed E-state index contributed by atoms with van der Waals surface area (Å²) in [6.45, 7) is 1.80. The van der Waals surface area contributed by atoms with E-state index in [1.807, 2.05) is 13.1 Å². The summed E-state index contributed by atoms with van der Waals surface area (Å²) in [5.41, 5.74) is 1.64. The fourth-order valence-electron chi connectivity index (χ4n) is 2.23. The van der Waals surface area contributed by atoms with Crippen LogP contribution in [0.5, 0.6) is 0 Å². The van der Waals surface area contributed by atoms with Gasteiger partial charge in [-0.05, 0) is 31.2 Å². The molecule has 0 radical (unpaired) electrons. The Morgan fingerprint density at radius 2 is 2.08 bits per heavy atom. The molecule has 0 bridgehead atoms. The molecule has 4 rings (SSSR count). The fraction of sp³-hybridized carbons (Fsp3) is 0.125. The van der Waals surface area contributed by atoms with Crippen molar-refractivity contribution in [2.24, 2.45) is 0 Å². The van der Waals surface area contributed by atoms with Gasteiger partial charge in [-0.2, -0.15) is 0 Å². The predicted octanol–water partition coefficient (Wildman–Crippen LogP) is 3.76. The van der Waals surface area contributed by atoms with Gasteiger partial charge >= 0.3 is 5.97 Å². The van der Waals surface area contributed by atoms with Crippen LogP contribution in [0.3, 0.4) is 0 Å². The molecule has 0 aliphatic carbocycles. The SMILES string of the molecule is Cc1cn2cc(C(=O)OCc3nnc(-c4ccc(Cl)cc4)o3)sc2n1. The third-order valence-corrected chi connectivity index (χ3v) is 4.59. The number of imidazole rings is 1. The molecule has 25 heavy (non-hydrogen) atoms. The molecule has 3 aromatic heterocycles. The van der Waals surface area contributed by atoms with E-state index in [9.17, 15) is 4.79 Å². The zero-order chi connectivity index (χ0) is 17.4. The number of carbonyl (C=O) groups excluding carboxylic acids is 1. The Hall–Kier alpha value is -2.71. The summed E-state index contributed by atoms with van der Waals surface area (Å²) >= 11 is 7.11. The molecule has 0 fully saturated rings. The first-order chi connectivity index (χ1) is 12.1. The molecule has 3 heterocycles. The lowest BCUT2D eigenvalue weighted by atomic mass is 10.2. The average molecular weight is 375 g/mol. The number of ether oxygens (including phenoxy) is 1. The maximum absolute atomic E-state index is 12.1. The smallest absolute Gasteiger partial charge is 0.350 e. The van der Waals surface area contributed by atoms with Gasteiger partial charge in [0.1, 0.15) is 4.88 Å². The van der Waals surface area contributed by atoms with Crippen molar-refractivity contribution in [2.45, 2.75) is 13.5 Å². The van der Waals surface area contributed by atoms with Crippen molar-refractivity contribution in [2.75, 3.05) is 0 Å². The van der Waals surface area contributed by atoms with E-state index in [4.69, 9.17) is 20.8 Å². The first kappa shape index (κ1) is 15.8. The highest BCUT2D eigenvalue weighted by molar-refractivity contribution is 7.18. The van der Waals surface area contributed by atoms with Crippen LogP contribution in [-0.4, -0.2) is 25.6 Å². The standard InChI is InChI=1S/C16H11ClN4O3S/c1-9-6-21-7-12(25-16(21)18-9)15(22)23-8-13-19-20-14(24-13)10-2-4-11(17)5-3-10/h2-7H,8H2,1H3. The summed E-state index contributed by atoms with van der Waals surface area (Å²) in [6, 6.07) is 7.01. The zero-order valence-corrected chi connectivity index (χ0v) is 14.5. The van der Waals surface area contributed by atoms with E-state index in [1.165, 1.54) is 11.3 Å². The number of nitrogens with zero attached hydrogens (tertiary/aromatic N) is 4. The van der Waals surface area contributed by atoms with Crippen molar-refractivity contribution in [3.8, 4) is 11.5 Å². The summed E-state index contributed by atoms with van der Waals surface area (Å²) in [6.07, 6.45) is 3.54. The molecule has 0 saturated carbocycles. The number of halogens is 1. The fourth-order valence-corrected chi connectivity index (χ4v) is 3.26. The topological polar surface area (TPSA) is 82.5 Å². The number of aromatic nitrogens is 4. The maximum Gasteiger partial charge on any atom is 0.350 e. The molecular formula is C16H11ClN4O3S. The molecule has 0 amide bonds. The van der Waals surface area contributed by atoms with Crippen LogP contribution in [0.15, 0.2) is 41.1 Å². The Kier molecular flexibility index (Phi) is 3.98. The van der Waals surface area contributed by atoms with Crippen molar-refractivity contribution in [1.29, 1.82) is 0 Å². The normalized spacial score (nSPS) is 11.1. The minimum Gasteiger partial charge on any atom is -0.451 e. The summed E-state index contributed by atoms with van der Waals surface area (Å²) in [5.74, 6) is 0.0997. The van der Waals surface area contributed by atoms with Crippen molar-refractivity contribution in [3.05, 3.63) is 58.1 Å². The molecule has 7 nitrogen and oxygen atoms in total. The molecule has 126 valence electrons. The average Bonchev–Trinajstić information content (AvgIpc) is 3.27. The van der Waals surface area contributed by atoms with Crippen LogP contribution >= 0.6 is 22.9 Å². The van der Waals surface area contributed by atoms with Crippen LogP contribution in [0.4, 0.5) is 0 Å². The first-order valence-corrected chi connectivity index (χ1v) is 8.48. The largest absolute Gasteiger partial charge is 0.451 e. The third-order valence-electron chi connectivity index (χ3n) is 3.36. The quantitative estimate of drug-likeness (QED) is 0.506. The number of benzene rings is 1. The second kappa shape index (κ2) is 6.30. The monoisotopic (exact) mass is 374 g/mol. The number of carbonyl (C=O) groups is 1. The molecule has 0 atom stereocenters. The number of esters is 1. The van der Waals surface area contributed by atoms with Crippen LogP contribution in [0.25, 0.3) is 16.4 Å². The van der Waals surface area contributed by atoms with E-state index in [2.05, 4.69) is 15.2 Å². The summed E-state index contributed by atoms with van der Waals surface area (Å²) < 4.78 is 12.5. The molecule has 0 saturated heterocycles. The number of hydrogen-bond acceptors (Lipinski definition) is 7. The summed E-state index contributed by atoms with van der Waals surface area (Å²) in [5, 5.41) is 8.44. The third kappa shape index (κ3) is 3.26. The van der Waals surface area contributed by atoms with Crippen molar-refractivity contribution >= 4 is 33.9 Å². The number of fused-ring (bicyclic) bond motifs is 1. The minimum absolute atomic E-state index is 0.0985. The predicted molar refractivity (Wildman–Crippen MR) is 91.7 cm³/mol. The van der Waals surface area contributed by atoms with Gasteiger partial charge in [0.2, 0.25) is 5.89 Å². The lowest BCUT2D eigenvalue weighted by Gasteiger charge is -1.98. The van der Waals surface area contributed by atoms with Crippen LogP contribution in [0.1, 0.15) is 21.3 Å². The van der Waals surface area contributed by atoms with Gasteiger partial charge in [-0.1, -0.05) is 22.9 Å². The van der Waals surface area contributed by atoms with Gasteiger partial charge in [-0.15, -0.1) is 10.2 Å². The molecule has 0 unspecified atom stereocenters. The number of thiazole rings is 1.